The molecule has 2 N–H and O–H groups in total. The molecule has 1 fully saturated rings. The quantitative estimate of drug-likeness (QED) is 0.586. The number of amides is 1. The van der Waals surface area contributed by atoms with E-state index in [0.29, 0.717) is 5.56 Å². The van der Waals surface area contributed by atoms with E-state index in [1.807, 2.05) is 24.3 Å². The third-order valence-corrected chi connectivity index (χ3v) is 6.24. The summed E-state index contributed by atoms with van der Waals surface area (Å²) in [5.74, 6) is -0.355. The van der Waals surface area contributed by atoms with Crippen LogP contribution in [0.2, 0.25) is 0 Å². The van der Waals surface area contributed by atoms with Gasteiger partial charge in [0.1, 0.15) is 0 Å². The van der Waals surface area contributed by atoms with Crippen LogP contribution < -0.4 is 10.6 Å². The van der Waals surface area contributed by atoms with Crippen LogP contribution in [0.15, 0.2) is 60.7 Å². The van der Waals surface area contributed by atoms with Crippen molar-refractivity contribution in [1.29, 1.82) is 0 Å². The van der Waals surface area contributed by atoms with Gasteiger partial charge in [-0.25, -0.2) is 0 Å². The number of nitrogens with zero attached hydrogens (tertiary/aromatic N) is 2. The van der Waals surface area contributed by atoms with Crippen molar-refractivity contribution >= 4 is 11.6 Å². The first kappa shape index (κ1) is 18.0. The fourth-order valence-corrected chi connectivity index (χ4v) is 4.56. The Labute approximate surface area is 171 Å². The van der Waals surface area contributed by atoms with E-state index >= 15 is 0 Å². The van der Waals surface area contributed by atoms with Crippen molar-refractivity contribution < 1.29 is 4.79 Å². The zero-order valence-corrected chi connectivity index (χ0v) is 16.7. The molecule has 3 aromatic rings. The van der Waals surface area contributed by atoms with Crippen molar-refractivity contribution in [3.05, 3.63) is 77.4 Å². The first-order chi connectivity index (χ1) is 14.1. The predicted octanol–water partition coefficient (Wildman–Crippen LogP) is 3.78. The molecule has 0 spiro atoms. The number of piperazine rings is 1. The number of carbonyl (C=O) groups is 1. The van der Waals surface area contributed by atoms with Gasteiger partial charge in [-0.3, -0.25) is 4.79 Å². The summed E-state index contributed by atoms with van der Waals surface area (Å²) in [4.78, 5) is 17.1. The number of fused-ring (bicyclic) bond motifs is 3. The van der Waals surface area contributed by atoms with Gasteiger partial charge < -0.3 is 15.5 Å². The molecule has 4 heteroatoms. The summed E-state index contributed by atoms with van der Waals surface area (Å²) in [6.07, 6.45) is 0.763. The molecular formula is C25H25N3O. The molecule has 0 aromatic heterocycles. The smallest absolute Gasteiger partial charge is 0.249 e. The van der Waals surface area contributed by atoms with Crippen LogP contribution in [-0.2, 0) is 6.42 Å². The maximum Gasteiger partial charge on any atom is 0.249 e. The number of benzene rings is 3. The van der Waals surface area contributed by atoms with Gasteiger partial charge in [0.05, 0.1) is 0 Å². The van der Waals surface area contributed by atoms with E-state index in [9.17, 15) is 4.79 Å². The van der Waals surface area contributed by atoms with E-state index in [0.717, 1.165) is 54.9 Å². The monoisotopic (exact) mass is 383 g/mol. The SMILES string of the molecule is CN1CCN(c2ccc3c(c2)Cc2c(C(N)=O)cc(-c4ccccc4)cc2-3)CC1. The van der Waals surface area contributed by atoms with Gasteiger partial charge >= 0.3 is 0 Å². The van der Waals surface area contributed by atoms with E-state index in [2.05, 4.69) is 53.2 Å². The Balaban J connectivity index is 1.57. The maximum atomic E-state index is 12.2. The van der Waals surface area contributed by atoms with Crippen LogP contribution in [0.25, 0.3) is 22.3 Å². The lowest BCUT2D eigenvalue weighted by Gasteiger charge is -2.34. The lowest BCUT2D eigenvalue weighted by molar-refractivity contribution is 0.0999. The Kier molecular flexibility index (Phi) is 4.36. The van der Waals surface area contributed by atoms with E-state index in [1.165, 1.54) is 16.8 Å². The number of hydrogen-bond acceptors (Lipinski definition) is 3. The number of rotatable bonds is 3. The molecule has 1 aliphatic carbocycles. The second kappa shape index (κ2) is 7.05. The van der Waals surface area contributed by atoms with Crippen LogP contribution >= 0.6 is 0 Å². The summed E-state index contributed by atoms with van der Waals surface area (Å²) >= 11 is 0. The molecule has 0 unspecified atom stereocenters. The second-order valence-corrected chi connectivity index (χ2v) is 8.09. The minimum atomic E-state index is -0.355. The Morgan fingerprint density at radius 2 is 1.62 bits per heavy atom. The minimum Gasteiger partial charge on any atom is -0.369 e. The molecule has 3 aromatic carbocycles. The number of nitrogens with two attached hydrogens (primary N) is 1. The fraction of sp³-hybridized carbons (Fsp3) is 0.240. The summed E-state index contributed by atoms with van der Waals surface area (Å²) in [7, 11) is 2.17. The fourth-order valence-electron chi connectivity index (χ4n) is 4.56. The number of carbonyl (C=O) groups excluding carboxylic acids is 1. The summed E-state index contributed by atoms with van der Waals surface area (Å²) in [5.41, 5.74) is 14.5. The summed E-state index contributed by atoms with van der Waals surface area (Å²) in [6.45, 7) is 4.27. The third kappa shape index (κ3) is 3.19. The van der Waals surface area contributed by atoms with Gasteiger partial charge in [-0.2, -0.15) is 0 Å². The van der Waals surface area contributed by atoms with Gasteiger partial charge in [0.15, 0.2) is 0 Å². The lowest BCUT2D eigenvalue weighted by atomic mass is 9.94. The molecule has 5 rings (SSSR count). The Bertz CT molecular complexity index is 1080. The first-order valence-electron chi connectivity index (χ1n) is 10.2. The maximum absolute atomic E-state index is 12.2. The van der Waals surface area contributed by atoms with E-state index in [4.69, 9.17) is 5.73 Å². The van der Waals surface area contributed by atoms with E-state index < -0.39 is 0 Å². The van der Waals surface area contributed by atoms with Gasteiger partial charge in [-0.05, 0) is 71.1 Å². The van der Waals surface area contributed by atoms with Crippen LogP contribution in [0, 0.1) is 0 Å². The van der Waals surface area contributed by atoms with E-state index in [-0.39, 0.29) is 5.91 Å². The van der Waals surface area contributed by atoms with Gasteiger partial charge in [0.2, 0.25) is 5.91 Å². The highest BCUT2D eigenvalue weighted by atomic mass is 16.1. The second-order valence-electron chi connectivity index (χ2n) is 8.09. The summed E-state index contributed by atoms with van der Waals surface area (Å²) in [5, 5.41) is 0. The molecule has 0 saturated carbocycles. The molecule has 29 heavy (non-hydrogen) atoms. The Hall–Kier alpha value is -3.11. The Morgan fingerprint density at radius 1 is 0.862 bits per heavy atom. The van der Waals surface area contributed by atoms with Crippen molar-refractivity contribution in [2.24, 2.45) is 5.73 Å². The zero-order valence-electron chi connectivity index (χ0n) is 16.7. The molecule has 1 saturated heterocycles. The standard InChI is InChI=1S/C25H25N3O/c1-27-9-11-28(12-10-27)20-7-8-21-19(13-20)16-23-22(21)14-18(15-24(23)25(26)29)17-5-3-2-4-6-17/h2-8,13-15H,9-12,16H2,1H3,(H2,26,29). The van der Waals surface area contributed by atoms with Crippen LogP contribution in [0.1, 0.15) is 21.5 Å². The van der Waals surface area contributed by atoms with Gasteiger partial charge in [0.25, 0.3) is 0 Å². The molecule has 1 amide bonds. The van der Waals surface area contributed by atoms with Gasteiger partial charge in [-0.1, -0.05) is 36.4 Å². The minimum absolute atomic E-state index is 0.355. The zero-order chi connectivity index (χ0) is 20.0. The molecule has 1 heterocycles. The average Bonchev–Trinajstić information content (AvgIpc) is 3.11. The van der Waals surface area contributed by atoms with Gasteiger partial charge in [-0.15, -0.1) is 0 Å². The topological polar surface area (TPSA) is 49.6 Å². The lowest BCUT2D eigenvalue weighted by Crippen LogP contribution is -2.44. The molecule has 0 radical (unpaired) electrons. The van der Waals surface area contributed by atoms with Crippen molar-refractivity contribution in [3.63, 3.8) is 0 Å². The number of primary amides is 1. The van der Waals surface area contributed by atoms with Crippen LogP contribution in [0.5, 0.6) is 0 Å². The number of likely N-dealkylation sites (N-methyl/N-ethyl adjacent to an activating group) is 1. The first-order valence-corrected chi connectivity index (χ1v) is 10.2. The summed E-state index contributed by atoms with van der Waals surface area (Å²) < 4.78 is 0. The molecule has 146 valence electrons. The number of anilines is 1. The highest BCUT2D eigenvalue weighted by Crippen LogP contribution is 2.42. The molecule has 1 aliphatic heterocycles. The predicted molar refractivity (Wildman–Crippen MR) is 118 cm³/mol. The molecular weight excluding hydrogens is 358 g/mol. The Morgan fingerprint density at radius 3 is 2.34 bits per heavy atom. The number of hydrogen-bond donors (Lipinski definition) is 1. The average molecular weight is 383 g/mol. The van der Waals surface area contributed by atoms with Crippen molar-refractivity contribution in [2.75, 3.05) is 38.1 Å². The van der Waals surface area contributed by atoms with Crippen LogP contribution in [0.3, 0.4) is 0 Å². The largest absolute Gasteiger partial charge is 0.369 e. The van der Waals surface area contributed by atoms with E-state index in [1.54, 1.807) is 0 Å². The van der Waals surface area contributed by atoms with Crippen LogP contribution in [0.4, 0.5) is 5.69 Å². The van der Waals surface area contributed by atoms with Crippen molar-refractivity contribution in [2.45, 2.75) is 6.42 Å². The van der Waals surface area contributed by atoms with Crippen LogP contribution in [-0.4, -0.2) is 44.0 Å². The molecule has 0 bridgehead atoms. The van der Waals surface area contributed by atoms with Crippen molar-refractivity contribution in [1.82, 2.24) is 4.90 Å². The molecule has 2 aliphatic rings. The highest BCUT2D eigenvalue weighted by molar-refractivity contribution is 6.00. The summed E-state index contributed by atoms with van der Waals surface area (Å²) in [6, 6.07) is 21.1. The third-order valence-electron chi connectivity index (χ3n) is 6.24. The van der Waals surface area contributed by atoms with Crippen molar-refractivity contribution in [3.8, 4) is 22.3 Å². The molecule has 0 atom stereocenters. The normalized spacial score (nSPS) is 15.8. The van der Waals surface area contributed by atoms with Gasteiger partial charge in [0, 0.05) is 37.4 Å². The highest BCUT2D eigenvalue weighted by Gasteiger charge is 2.25. The molecule has 4 nitrogen and oxygen atoms in total.